The van der Waals surface area contributed by atoms with Crippen LogP contribution in [0.25, 0.3) is 0 Å². The van der Waals surface area contributed by atoms with Crippen molar-refractivity contribution in [2.45, 2.75) is 120 Å². The molecule has 192 valence electrons. The molecule has 32 heavy (non-hydrogen) atoms. The maximum atomic E-state index is 12.4. The number of amides is 1. The first-order valence-corrected chi connectivity index (χ1v) is 13.7. The van der Waals surface area contributed by atoms with E-state index >= 15 is 0 Å². The van der Waals surface area contributed by atoms with Crippen LogP contribution in [0.2, 0.25) is 0 Å². The average molecular weight is 478 g/mol. The van der Waals surface area contributed by atoms with E-state index in [4.69, 9.17) is 4.55 Å². The van der Waals surface area contributed by atoms with Crippen LogP contribution in [0.3, 0.4) is 0 Å². The minimum atomic E-state index is -4.47. The predicted octanol–water partition coefficient (Wildman–Crippen LogP) is 6.56. The van der Waals surface area contributed by atoms with Crippen molar-refractivity contribution >= 4 is 16.3 Å². The molecule has 6 nitrogen and oxygen atoms in total. The van der Waals surface area contributed by atoms with E-state index in [1.54, 1.807) is 0 Å². The van der Waals surface area contributed by atoms with Gasteiger partial charge in [-0.15, -0.1) is 0 Å². The van der Waals surface area contributed by atoms with Gasteiger partial charge in [-0.3, -0.25) is 9.35 Å². The lowest BCUT2D eigenvalue weighted by Crippen LogP contribution is -2.35. The molecule has 0 radical (unpaired) electrons. The summed E-state index contributed by atoms with van der Waals surface area (Å²) in [5.74, 6) is -0.132. The minimum absolute atomic E-state index is 0.0439. The minimum Gasteiger partial charge on any atom is -0.354 e. The summed E-state index contributed by atoms with van der Waals surface area (Å²) in [4.78, 5) is 12.4. The molecule has 0 aliphatic heterocycles. The quantitative estimate of drug-likeness (QED) is 0.183. The van der Waals surface area contributed by atoms with Gasteiger partial charge < -0.3 is 5.32 Å². The largest absolute Gasteiger partial charge is 0.397 e. The summed E-state index contributed by atoms with van der Waals surface area (Å²) in [5, 5.41) is 2.68. The van der Waals surface area contributed by atoms with Gasteiger partial charge in [-0.1, -0.05) is 88.0 Å². The van der Waals surface area contributed by atoms with Gasteiger partial charge in [-0.2, -0.15) is 8.42 Å². The van der Waals surface area contributed by atoms with Crippen molar-refractivity contribution in [3.63, 3.8) is 0 Å². The van der Waals surface area contributed by atoms with Crippen molar-refractivity contribution in [1.29, 1.82) is 0 Å². The van der Waals surface area contributed by atoms with E-state index in [1.807, 2.05) is 0 Å². The first kappa shape index (κ1) is 31.3. The summed E-state index contributed by atoms with van der Waals surface area (Å²) < 4.78 is 34.0. The lowest BCUT2D eigenvalue weighted by atomic mass is 9.63. The lowest BCUT2D eigenvalue weighted by Gasteiger charge is -2.42. The fourth-order valence-corrected chi connectivity index (χ4v) is 5.26. The first-order chi connectivity index (χ1) is 14.5. The first-order valence-electron chi connectivity index (χ1n) is 12.3. The molecule has 1 amide bonds. The summed E-state index contributed by atoms with van der Waals surface area (Å²) in [6.45, 7) is 20.4. The molecule has 2 atom stereocenters. The fraction of sp³-hybridized carbons (Fsp3) is 0.960. The maximum absolute atomic E-state index is 12.4. The lowest BCUT2D eigenvalue weighted by molar-refractivity contribution is -0.123. The van der Waals surface area contributed by atoms with Gasteiger partial charge in [0.05, 0.1) is 6.61 Å². The molecule has 0 spiro atoms. The second-order valence-electron chi connectivity index (χ2n) is 11.6. The van der Waals surface area contributed by atoms with Gasteiger partial charge >= 0.3 is 10.4 Å². The molecule has 0 fully saturated rings. The second kappa shape index (κ2) is 12.7. The van der Waals surface area contributed by atoms with Crippen LogP contribution in [0.4, 0.5) is 0 Å². The van der Waals surface area contributed by atoms with Crippen molar-refractivity contribution in [1.82, 2.24) is 5.32 Å². The summed E-state index contributed by atoms with van der Waals surface area (Å²) in [5.41, 5.74) is 0.696. The van der Waals surface area contributed by atoms with Gasteiger partial charge in [0.15, 0.2) is 0 Å². The third-order valence-electron chi connectivity index (χ3n) is 7.80. The monoisotopic (exact) mass is 477 g/mol. The van der Waals surface area contributed by atoms with Gasteiger partial charge in [-0.25, -0.2) is 4.18 Å². The van der Waals surface area contributed by atoms with Gasteiger partial charge in [-0.05, 0) is 47.3 Å². The highest BCUT2D eigenvalue weighted by atomic mass is 32.3. The Kier molecular flexibility index (Phi) is 12.4. The highest BCUT2D eigenvalue weighted by Gasteiger charge is 2.37. The van der Waals surface area contributed by atoms with E-state index in [2.05, 4.69) is 71.8 Å². The standard InChI is InChI=1S/C25H51NO5S/c1-10-23(7,11-2)20-25(9,13-4)15-14-24(8,12-3)19-22(5,6)18-21(27)26-16-17-31-32(28,29)30/h10-20H2,1-9H3,(H,26,27)(H,28,29,30). The zero-order chi connectivity index (χ0) is 25.3. The van der Waals surface area contributed by atoms with Crippen LogP contribution in [-0.2, 0) is 19.4 Å². The number of carbonyl (C=O) groups is 1. The van der Waals surface area contributed by atoms with Crippen molar-refractivity contribution < 1.29 is 21.9 Å². The van der Waals surface area contributed by atoms with Gasteiger partial charge in [0, 0.05) is 13.0 Å². The molecular formula is C25H51NO5S. The number of hydrogen-bond acceptors (Lipinski definition) is 4. The SMILES string of the molecule is CCC(C)(CCC(C)(CC)CC(C)(CC)CC)CC(C)(C)CC(=O)NCCOS(=O)(=O)O. The molecule has 0 aromatic rings. The smallest absolute Gasteiger partial charge is 0.354 e. The number of hydrogen-bond donors (Lipinski definition) is 2. The molecular weight excluding hydrogens is 426 g/mol. The fourth-order valence-electron chi connectivity index (χ4n) is 4.97. The summed E-state index contributed by atoms with van der Waals surface area (Å²) >= 11 is 0. The molecule has 0 aliphatic carbocycles. The topological polar surface area (TPSA) is 92.7 Å². The second-order valence-corrected chi connectivity index (χ2v) is 12.7. The number of nitrogens with one attached hydrogen (secondary N) is 1. The molecule has 2 N–H and O–H groups in total. The Labute approximate surface area is 198 Å². The van der Waals surface area contributed by atoms with Crippen LogP contribution in [0, 0.1) is 21.7 Å². The Bertz CT molecular complexity index is 672. The van der Waals surface area contributed by atoms with Gasteiger partial charge in [0.2, 0.25) is 5.91 Å². The van der Waals surface area contributed by atoms with E-state index in [-0.39, 0.29) is 29.9 Å². The van der Waals surface area contributed by atoms with Gasteiger partial charge in [0.1, 0.15) is 0 Å². The van der Waals surface area contributed by atoms with Crippen molar-refractivity contribution in [2.75, 3.05) is 13.2 Å². The molecule has 0 bridgehead atoms. The molecule has 7 heteroatoms. The molecule has 0 aliphatic rings. The van der Waals surface area contributed by atoms with Crippen LogP contribution in [0.5, 0.6) is 0 Å². The molecule has 0 rings (SSSR count). The summed E-state index contributed by atoms with van der Waals surface area (Å²) in [7, 11) is -4.47. The van der Waals surface area contributed by atoms with Crippen LogP contribution in [0.15, 0.2) is 0 Å². The Hall–Kier alpha value is -0.660. The van der Waals surface area contributed by atoms with Crippen molar-refractivity contribution in [3.8, 4) is 0 Å². The Morgan fingerprint density at radius 3 is 1.66 bits per heavy atom. The van der Waals surface area contributed by atoms with Crippen LogP contribution in [0.1, 0.15) is 120 Å². The zero-order valence-corrected chi connectivity index (χ0v) is 23.1. The normalized spacial score (nSPS) is 16.9. The van der Waals surface area contributed by atoms with Gasteiger partial charge in [0.25, 0.3) is 0 Å². The van der Waals surface area contributed by atoms with Crippen molar-refractivity contribution in [3.05, 3.63) is 0 Å². The Balaban J connectivity index is 4.95. The van der Waals surface area contributed by atoms with Crippen LogP contribution in [-0.4, -0.2) is 32.0 Å². The summed E-state index contributed by atoms with van der Waals surface area (Å²) in [6, 6.07) is 0. The highest BCUT2D eigenvalue weighted by molar-refractivity contribution is 7.80. The van der Waals surface area contributed by atoms with E-state index in [9.17, 15) is 13.2 Å². The average Bonchev–Trinajstić information content (AvgIpc) is 2.68. The van der Waals surface area contributed by atoms with E-state index < -0.39 is 10.4 Å². The number of carbonyl (C=O) groups excluding carboxylic acids is 1. The molecule has 0 aromatic heterocycles. The third kappa shape index (κ3) is 12.5. The molecule has 0 heterocycles. The highest BCUT2D eigenvalue weighted by Crippen LogP contribution is 2.48. The molecule has 2 unspecified atom stereocenters. The summed E-state index contributed by atoms with van der Waals surface area (Å²) in [6.07, 6.45) is 9.57. The van der Waals surface area contributed by atoms with Crippen LogP contribution >= 0.6 is 0 Å². The predicted molar refractivity (Wildman–Crippen MR) is 133 cm³/mol. The zero-order valence-electron chi connectivity index (χ0n) is 22.3. The van der Waals surface area contributed by atoms with E-state index in [0.717, 1.165) is 19.3 Å². The van der Waals surface area contributed by atoms with E-state index in [0.29, 0.717) is 17.3 Å². The molecule has 0 aromatic carbocycles. The maximum Gasteiger partial charge on any atom is 0.397 e. The Morgan fingerprint density at radius 2 is 1.25 bits per heavy atom. The number of rotatable bonds is 17. The van der Waals surface area contributed by atoms with Crippen molar-refractivity contribution in [2.24, 2.45) is 21.7 Å². The molecule has 0 saturated heterocycles. The third-order valence-corrected chi connectivity index (χ3v) is 8.27. The van der Waals surface area contributed by atoms with E-state index in [1.165, 1.54) is 32.1 Å². The van der Waals surface area contributed by atoms with Crippen LogP contribution < -0.4 is 5.32 Å². The molecule has 0 saturated carbocycles. The Morgan fingerprint density at radius 1 is 0.812 bits per heavy atom.